The molecule has 1 aliphatic carbocycles. The molecule has 10 heteroatoms. The molecule has 1 amide bonds. The number of hydrogen-bond donors (Lipinski definition) is 1. The fourth-order valence-corrected chi connectivity index (χ4v) is 5.10. The molecule has 1 saturated carbocycles. The first-order chi connectivity index (χ1) is 14.9. The SMILES string of the molecule is CCOC(=O)Nc1cncc(-n2ccc3cc([S+]([O-])C4CCC(F)(F)CC4)cnc32)c1. The van der Waals surface area contributed by atoms with Crippen LogP contribution in [0.5, 0.6) is 0 Å². The zero-order chi connectivity index (χ0) is 22.0. The summed E-state index contributed by atoms with van der Waals surface area (Å²) in [5.74, 6) is -2.65. The van der Waals surface area contributed by atoms with E-state index in [9.17, 15) is 18.1 Å². The van der Waals surface area contributed by atoms with Gasteiger partial charge in [-0.2, -0.15) is 0 Å². The van der Waals surface area contributed by atoms with Crippen LogP contribution in [0.25, 0.3) is 16.7 Å². The topological polar surface area (TPSA) is 92.1 Å². The van der Waals surface area contributed by atoms with Crippen molar-refractivity contribution in [1.29, 1.82) is 0 Å². The van der Waals surface area contributed by atoms with Crippen LogP contribution >= 0.6 is 0 Å². The highest BCUT2D eigenvalue weighted by atomic mass is 32.2. The van der Waals surface area contributed by atoms with Crippen LogP contribution in [0.4, 0.5) is 19.3 Å². The molecule has 0 saturated heterocycles. The normalized spacial score (nSPS) is 17.4. The largest absolute Gasteiger partial charge is 0.611 e. The van der Waals surface area contributed by atoms with Crippen molar-refractivity contribution < 1.29 is 22.9 Å². The molecule has 4 rings (SSSR count). The molecule has 0 aliphatic heterocycles. The van der Waals surface area contributed by atoms with Crippen LogP contribution in [-0.4, -0.2) is 43.0 Å². The number of nitrogens with zero attached hydrogens (tertiary/aromatic N) is 3. The molecule has 1 unspecified atom stereocenters. The molecule has 0 spiro atoms. The molecule has 7 nitrogen and oxygen atoms in total. The number of anilines is 1. The first-order valence-corrected chi connectivity index (χ1v) is 11.2. The number of carbonyl (C=O) groups is 1. The van der Waals surface area contributed by atoms with Crippen LogP contribution in [0, 0.1) is 0 Å². The first kappa shape index (κ1) is 21.5. The van der Waals surface area contributed by atoms with E-state index in [4.69, 9.17) is 4.74 Å². The Bertz CT molecular complexity index is 1080. The van der Waals surface area contributed by atoms with Gasteiger partial charge in [0, 0.05) is 43.3 Å². The Kier molecular flexibility index (Phi) is 6.10. The van der Waals surface area contributed by atoms with Crippen LogP contribution < -0.4 is 5.32 Å². The lowest BCUT2D eigenvalue weighted by Crippen LogP contribution is -2.32. The summed E-state index contributed by atoms with van der Waals surface area (Å²) in [6.07, 6.45) is 5.95. The molecule has 0 aromatic carbocycles. The van der Waals surface area contributed by atoms with Crippen molar-refractivity contribution >= 4 is 34.0 Å². The molecule has 0 radical (unpaired) electrons. The number of halogens is 2. The van der Waals surface area contributed by atoms with Crippen molar-refractivity contribution in [2.45, 2.75) is 48.7 Å². The minimum absolute atomic E-state index is 0.224. The Morgan fingerprint density at radius 2 is 2.10 bits per heavy atom. The number of carbonyl (C=O) groups excluding carboxylic acids is 1. The third-order valence-electron chi connectivity index (χ3n) is 5.22. The van der Waals surface area contributed by atoms with Gasteiger partial charge in [-0.25, -0.2) is 18.6 Å². The fourth-order valence-electron chi connectivity index (χ4n) is 3.66. The van der Waals surface area contributed by atoms with E-state index in [0.29, 0.717) is 21.9 Å². The molecule has 0 bridgehead atoms. The van der Waals surface area contributed by atoms with E-state index >= 15 is 0 Å². The lowest BCUT2D eigenvalue weighted by molar-refractivity contribution is -0.0328. The van der Waals surface area contributed by atoms with Gasteiger partial charge in [-0.15, -0.1) is 0 Å². The van der Waals surface area contributed by atoms with Gasteiger partial charge in [-0.05, 0) is 30.2 Å². The Morgan fingerprint density at radius 3 is 2.84 bits per heavy atom. The van der Waals surface area contributed by atoms with E-state index in [1.54, 1.807) is 36.0 Å². The van der Waals surface area contributed by atoms with Crippen LogP contribution in [0.2, 0.25) is 0 Å². The van der Waals surface area contributed by atoms with Crippen molar-refractivity contribution in [2.24, 2.45) is 0 Å². The van der Waals surface area contributed by atoms with Gasteiger partial charge >= 0.3 is 6.09 Å². The quantitative estimate of drug-likeness (QED) is 0.573. The smallest absolute Gasteiger partial charge is 0.411 e. The second kappa shape index (κ2) is 8.80. The first-order valence-electron chi connectivity index (χ1n) is 10.0. The monoisotopic (exact) mass is 448 g/mol. The van der Waals surface area contributed by atoms with E-state index in [2.05, 4.69) is 15.3 Å². The Balaban J connectivity index is 1.55. The number of pyridine rings is 2. The third-order valence-corrected chi connectivity index (χ3v) is 6.99. The highest BCUT2D eigenvalue weighted by molar-refractivity contribution is 7.92. The van der Waals surface area contributed by atoms with E-state index < -0.39 is 23.2 Å². The van der Waals surface area contributed by atoms with Crippen molar-refractivity contribution in [3.8, 4) is 5.69 Å². The maximum absolute atomic E-state index is 13.4. The number of ether oxygens (including phenoxy) is 1. The van der Waals surface area contributed by atoms with Crippen molar-refractivity contribution in [2.75, 3.05) is 11.9 Å². The van der Waals surface area contributed by atoms with E-state index in [-0.39, 0.29) is 37.5 Å². The second-order valence-electron chi connectivity index (χ2n) is 7.40. The second-order valence-corrected chi connectivity index (χ2v) is 9.13. The van der Waals surface area contributed by atoms with Gasteiger partial charge in [0.05, 0.1) is 36.6 Å². The molecule has 31 heavy (non-hydrogen) atoms. The minimum atomic E-state index is -2.65. The summed E-state index contributed by atoms with van der Waals surface area (Å²) in [4.78, 5) is 20.8. The van der Waals surface area contributed by atoms with Gasteiger partial charge in [0.15, 0.2) is 4.90 Å². The molecule has 3 aromatic heterocycles. The molecule has 1 fully saturated rings. The average Bonchev–Trinajstić information content (AvgIpc) is 3.17. The van der Waals surface area contributed by atoms with E-state index in [1.807, 2.05) is 6.07 Å². The number of aromatic nitrogens is 3. The predicted octanol–water partition coefficient (Wildman–Crippen LogP) is 4.67. The molecule has 1 atom stereocenters. The molecule has 3 aromatic rings. The Morgan fingerprint density at radius 1 is 1.32 bits per heavy atom. The lowest BCUT2D eigenvalue weighted by atomic mass is 9.96. The summed E-state index contributed by atoms with van der Waals surface area (Å²) in [7, 11) is 0. The number of fused-ring (bicyclic) bond motifs is 1. The van der Waals surface area contributed by atoms with Gasteiger partial charge in [0.2, 0.25) is 5.92 Å². The standard InChI is InChI=1S/C21H22F2N4O3S/c1-2-30-20(28)26-15-10-16(12-24-11-15)27-8-5-14-9-18(13-25-19(14)27)31(29)17-3-6-21(22,23)7-4-17/h5,8-13,17H,2-4,6-7H2,1H3,(H,26,28). The molecular weight excluding hydrogens is 426 g/mol. The molecule has 1 aliphatic rings. The maximum atomic E-state index is 13.4. The highest BCUT2D eigenvalue weighted by Crippen LogP contribution is 2.37. The Hall–Kier alpha value is -2.72. The van der Waals surface area contributed by atoms with Crippen LogP contribution in [0.1, 0.15) is 32.6 Å². The van der Waals surface area contributed by atoms with Gasteiger partial charge < -0.3 is 9.29 Å². The summed E-state index contributed by atoms with van der Waals surface area (Å²) in [5.41, 5.74) is 1.79. The summed E-state index contributed by atoms with van der Waals surface area (Å²) in [5, 5.41) is 3.10. The average molecular weight is 448 g/mol. The molecule has 164 valence electrons. The van der Waals surface area contributed by atoms with Gasteiger partial charge in [-0.1, -0.05) is 0 Å². The number of rotatable bonds is 5. The maximum Gasteiger partial charge on any atom is 0.411 e. The summed E-state index contributed by atoms with van der Waals surface area (Å²) in [6, 6.07) is 5.36. The fraction of sp³-hybridized carbons (Fsp3) is 0.381. The van der Waals surface area contributed by atoms with E-state index in [0.717, 1.165) is 5.39 Å². The molecular formula is C21H22F2N4O3S. The predicted molar refractivity (Wildman–Crippen MR) is 113 cm³/mol. The number of nitrogens with one attached hydrogen (secondary N) is 1. The van der Waals surface area contributed by atoms with Crippen molar-refractivity contribution in [3.05, 3.63) is 43.0 Å². The van der Waals surface area contributed by atoms with Crippen molar-refractivity contribution in [1.82, 2.24) is 14.5 Å². The summed E-state index contributed by atoms with van der Waals surface area (Å²) < 4.78 is 46.4. The zero-order valence-electron chi connectivity index (χ0n) is 16.9. The van der Waals surface area contributed by atoms with Crippen molar-refractivity contribution in [3.63, 3.8) is 0 Å². The van der Waals surface area contributed by atoms with Gasteiger partial charge in [0.25, 0.3) is 0 Å². The van der Waals surface area contributed by atoms with E-state index in [1.165, 1.54) is 12.4 Å². The summed E-state index contributed by atoms with van der Waals surface area (Å²) in [6.45, 7) is 1.98. The van der Waals surface area contributed by atoms with Crippen LogP contribution in [0.15, 0.2) is 47.9 Å². The Labute approximate surface area is 181 Å². The molecule has 1 N–H and O–H groups in total. The van der Waals surface area contributed by atoms with Crippen LogP contribution in [0.3, 0.4) is 0 Å². The zero-order valence-corrected chi connectivity index (χ0v) is 17.7. The lowest BCUT2D eigenvalue weighted by Gasteiger charge is -2.29. The number of amides is 1. The highest BCUT2D eigenvalue weighted by Gasteiger charge is 2.40. The van der Waals surface area contributed by atoms with Gasteiger partial charge in [0.1, 0.15) is 10.9 Å². The minimum Gasteiger partial charge on any atom is -0.611 e. The molecule has 3 heterocycles. The van der Waals surface area contributed by atoms with Gasteiger partial charge in [-0.3, -0.25) is 14.9 Å². The number of hydrogen-bond acceptors (Lipinski definition) is 5. The van der Waals surface area contributed by atoms with Crippen LogP contribution in [-0.2, 0) is 15.9 Å². The number of alkyl halides is 2. The third kappa shape index (κ3) is 4.80. The summed E-state index contributed by atoms with van der Waals surface area (Å²) >= 11 is -1.39.